The molecule has 0 spiro atoms. The van der Waals surface area contributed by atoms with Crippen LogP contribution in [0.5, 0.6) is 0 Å². The molecule has 3 aromatic rings. The molecule has 0 fully saturated rings. The van der Waals surface area contributed by atoms with Gasteiger partial charge in [0.15, 0.2) is 0 Å². The number of non-ortho nitro benzene ring substituents is 1. The lowest BCUT2D eigenvalue weighted by Crippen LogP contribution is -2.03. The number of nitrogens with zero attached hydrogens (tertiary/aromatic N) is 3. The summed E-state index contributed by atoms with van der Waals surface area (Å²) in [6.07, 6.45) is 3.39. The molecular formula is C21H15FN4O4. The maximum absolute atomic E-state index is 13.1. The fraction of sp³-hybridized carbons (Fsp3) is 0. The Bertz CT molecular complexity index is 1130. The molecule has 0 saturated carbocycles. The summed E-state index contributed by atoms with van der Waals surface area (Å²) in [4.78, 5) is 20.8. The maximum Gasteiger partial charge on any atom is 0.301 e. The lowest BCUT2D eigenvalue weighted by molar-refractivity contribution is -0.393. The number of hydrogen-bond acceptors (Lipinski definition) is 6. The van der Waals surface area contributed by atoms with Gasteiger partial charge in [-0.15, -0.1) is 0 Å². The minimum Gasteiger partial charge on any atom is -0.271 e. The molecular weight excluding hydrogens is 391 g/mol. The van der Waals surface area contributed by atoms with Crippen LogP contribution in [0.25, 0.3) is 6.08 Å². The lowest BCUT2D eigenvalue weighted by atomic mass is 10.1. The van der Waals surface area contributed by atoms with Gasteiger partial charge in [0.2, 0.25) is 0 Å². The average Bonchev–Trinajstić information content (AvgIpc) is 2.75. The Balaban J connectivity index is 1.95. The Kier molecular flexibility index (Phi) is 6.23. The van der Waals surface area contributed by atoms with Gasteiger partial charge in [-0.1, -0.05) is 48.5 Å². The van der Waals surface area contributed by atoms with Crippen molar-refractivity contribution < 1.29 is 14.2 Å². The third-order valence-corrected chi connectivity index (χ3v) is 4.06. The molecule has 0 aliphatic carbocycles. The number of nitro groups is 2. The summed E-state index contributed by atoms with van der Waals surface area (Å²) in [5.41, 5.74) is 3.68. The van der Waals surface area contributed by atoms with Crippen LogP contribution in [0.3, 0.4) is 0 Å². The standard InChI is InChI=1S/C21H15FN4O4/c22-17-9-6-15(7-10-17)8-12-19(16-4-2-1-3-5-16)23-24-20-13-11-18(25(27)28)14-21(20)26(29)30/h1-14,24H/b12-8+,23-19-. The first-order chi connectivity index (χ1) is 14.4. The highest BCUT2D eigenvalue weighted by molar-refractivity contribution is 6.11. The molecule has 1 N–H and O–H groups in total. The van der Waals surface area contributed by atoms with E-state index in [9.17, 15) is 24.6 Å². The van der Waals surface area contributed by atoms with Crippen LogP contribution in [0.4, 0.5) is 21.5 Å². The third kappa shape index (κ3) is 5.10. The second kappa shape index (κ2) is 9.20. The van der Waals surface area contributed by atoms with Crippen LogP contribution >= 0.6 is 0 Å². The van der Waals surface area contributed by atoms with E-state index in [0.29, 0.717) is 5.71 Å². The van der Waals surface area contributed by atoms with Crippen molar-refractivity contribution in [1.82, 2.24) is 0 Å². The summed E-state index contributed by atoms with van der Waals surface area (Å²) in [7, 11) is 0. The molecule has 0 aliphatic rings. The average molecular weight is 406 g/mol. The number of nitro benzene ring substituents is 2. The third-order valence-electron chi connectivity index (χ3n) is 4.06. The van der Waals surface area contributed by atoms with Gasteiger partial charge in [0, 0.05) is 11.6 Å². The summed E-state index contributed by atoms with van der Waals surface area (Å²) < 4.78 is 13.1. The number of allylic oxidation sites excluding steroid dienone is 1. The van der Waals surface area contributed by atoms with E-state index in [0.717, 1.165) is 23.3 Å². The summed E-state index contributed by atoms with van der Waals surface area (Å²) in [5, 5.41) is 26.4. The van der Waals surface area contributed by atoms with Crippen molar-refractivity contribution in [2.24, 2.45) is 5.10 Å². The predicted octanol–water partition coefficient (Wildman–Crippen LogP) is 5.17. The van der Waals surface area contributed by atoms with Gasteiger partial charge in [0.1, 0.15) is 11.5 Å². The van der Waals surface area contributed by atoms with Gasteiger partial charge < -0.3 is 0 Å². The first-order valence-electron chi connectivity index (χ1n) is 8.69. The normalized spacial score (nSPS) is 11.4. The highest BCUT2D eigenvalue weighted by atomic mass is 19.1. The van der Waals surface area contributed by atoms with Crippen LogP contribution in [0.15, 0.2) is 84.0 Å². The Morgan fingerprint density at radius 3 is 2.27 bits per heavy atom. The van der Waals surface area contributed by atoms with Crippen molar-refractivity contribution in [3.63, 3.8) is 0 Å². The van der Waals surface area contributed by atoms with Crippen molar-refractivity contribution >= 4 is 28.8 Å². The zero-order valence-corrected chi connectivity index (χ0v) is 15.4. The second-order valence-electron chi connectivity index (χ2n) is 6.08. The predicted molar refractivity (Wildman–Crippen MR) is 112 cm³/mol. The SMILES string of the molecule is O=[N+]([O-])c1ccc(N/N=C(/C=C/c2ccc(F)cc2)c2ccccc2)c([N+](=O)[O-])c1. The molecule has 3 aromatic carbocycles. The van der Waals surface area contributed by atoms with Gasteiger partial charge in [0.05, 0.1) is 21.6 Å². The van der Waals surface area contributed by atoms with Gasteiger partial charge in [-0.25, -0.2) is 4.39 Å². The number of rotatable bonds is 7. The van der Waals surface area contributed by atoms with Crippen molar-refractivity contribution in [2.75, 3.05) is 5.43 Å². The first kappa shape index (κ1) is 20.3. The van der Waals surface area contributed by atoms with E-state index in [4.69, 9.17) is 0 Å². The van der Waals surface area contributed by atoms with Crippen LogP contribution in [-0.2, 0) is 0 Å². The number of anilines is 1. The Hall–Kier alpha value is -4.40. The van der Waals surface area contributed by atoms with E-state index in [1.54, 1.807) is 36.4 Å². The highest BCUT2D eigenvalue weighted by Crippen LogP contribution is 2.29. The van der Waals surface area contributed by atoms with Crippen LogP contribution < -0.4 is 5.43 Å². The summed E-state index contributed by atoms with van der Waals surface area (Å²) in [5.74, 6) is -0.351. The molecule has 9 heteroatoms. The Morgan fingerprint density at radius 2 is 1.63 bits per heavy atom. The van der Waals surface area contributed by atoms with Gasteiger partial charge in [-0.3, -0.25) is 25.7 Å². The van der Waals surface area contributed by atoms with E-state index in [1.807, 2.05) is 18.2 Å². The summed E-state index contributed by atoms with van der Waals surface area (Å²) in [6.45, 7) is 0. The Morgan fingerprint density at radius 1 is 0.933 bits per heavy atom. The molecule has 0 aromatic heterocycles. The topological polar surface area (TPSA) is 111 Å². The lowest BCUT2D eigenvalue weighted by Gasteiger charge is -2.06. The van der Waals surface area contributed by atoms with E-state index in [2.05, 4.69) is 10.5 Å². The molecule has 0 atom stereocenters. The molecule has 0 unspecified atom stereocenters. The molecule has 0 saturated heterocycles. The number of halogens is 1. The van der Waals surface area contributed by atoms with Crippen LogP contribution in [-0.4, -0.2) is 15.6 Å². The molecule has 8 nitrogen and oxygen atoms in total. The van der Waals surface area contributed by atoms with Crippen molar-refractivity contribution in [1.29, 1.82) is 0 Å². The quantitative estimate of drug-likeness (QED) is 0.330. The van der Waals surface area contributed by atoms with Crippen molar-refractivity contribution in [3.8, 4) is 0 Å². The second-order valence-corrected chi connectivity index (χ2v) is 6.08. The number of hydrazone groups is 1. The van der Waals surface area contributed by atoms with Gasteiger partial charge in [-0.05, 0) is 29.8 Å². The zero-order chi connectivity index (χ0) is 21.5. The van der Waals surface area contributed by atoms with Crippen LogP contribution in [0.2, 0.25) is 0 Å². The zero-order valence-electron chi connectivity index (χ0n) is 15.4. The van der Waals surface area contributed by atoms with Gasteiger partial charge >= 0.3 is 5.69 Å². The molecule has 0 aliphatic heterocycles. The molecule has 0 bridgehead atoms. The van der Waals surface area contributed by atoms with Gasteiger partial charge in [-0.2, -0.15) is 5.10 Å². The largest absolute Gasteiger partial charge is 0.301 e. The first-order valence-corrected chi connectivity index (χ1v) is 8.69. The van der Waals surface area contributed by atoms with E-state index >= 15 is 0 Å². The van der Waals surface area contributed by atoms with Gasteiger partial charge in [0.25, 0.3) is 5.69 Å². The van der Waals surface area contributed by atoms with Crippen molar-refractivity contribution in [3.05, 3.63) is 116 Å². The van der Waals surface area contributed by atoms with E-state index in [-0.39, 0.29) is 11.5 Å². The summed E-state index contributed by atoms with van der Waals surface area (Å²) >= 11 is 0. The minimum atomic E-state index is -0.721. The van der Waals surface area contributed by atoms with Crippen LogP contribution in [0.1, 0.15) is 11.1 Å². The Labute approximate surface area is 170 Å². The molecule has 3 rings (SSSR count). The number of benzene rings is 3. The van der Waals surface area contributed by atoms with E-state index < -0.39 is 21.2 Å². The smallest absolute Gasteiger partial charge is 0.271 e. The molecule has 150 valence electrons. The minimum absolute atomic E-state index is 0.00853. The van der Waals surface area contributed by atoms with Crippen molar-refractivity contribution in [2.45, 2.75) is 0 Å². The monoisotopic (exact) mass is 406 g/mol. The number of hydrogen-bond donors (Lipinski definition) is 1. The fourth-order valence-corrected chi connectivity index (χ4v) is 2.56. The molecule has 0 amide bonds. The summed E-state index contributed by atoms with van der Waals surface area (Å²) in [6, 6.07) is 18.2. The van der Waals surface area contributed by atoms with Crippen LogP contribution in [0, 0.1) is 26.0 Å². The fourth-order valence-electron chi connectivity index (χ4n) is 2.56. The molecule has 0 heterocycles. The number of nitrogens with one attached hydrogen (secondary N) is 1. The molecule has 0 radical (unpaired) electrons. The van der Waals surface area contributed by atoms with E-state index in [1.165, 1.54) is 18.2 Å². The maximum atomic E-state index is 13.1. The molecule has 30 heavy (non-hydrogen) atoms. The highest BCUT2D eigenvalue weighted by Gasteiger charge is 2.19.